The summed E-state index contributed by atoms with van der Waals surface area (Å²) in [7, 11) is 0. The third-order valence-electron chi connectivity index (χ3n) is 2.60. The summed E-state index contributed by atoms with van der Waals surface area (Å²) in [4.78, 5) is 18.0. The topological polar surface area (TPSA) is 30.2 Å². The van der Waals surface area contributed by atoms with Gasteiger partial charge < -0.3 is 0 Å². The van der Waals surface area contributed by atoms with Gasteiger partial charge in [0.15, 0.2) is 0 Å². The normalized spacial score (nSPS) is 11.0. The molecule has 0 unspecified atom stereocenters. The molecule has 92 valence electrons. The fourth-order valence-corrected chi connectivity index (χ4v) is 1.69. The van der Waals surface area contributed by atoms with Crippen LogP contribution in [0.4, 0.5) is 0 Å². The second-order valence-electron chi connectivity index (χ2n) is 4.53. The Morgan fingerprint density at radius 3 is 2.17 bits per heavy atom. The molecular weight excluding hydrogens is 226 g/mol. The molecule has 0 fully saturated rings. The van der Waals surface area contributed by atoms with Crippen molar-refractivity contribution in [3.05, 3.63) is 66.5 Å². The van der Waals surface area contributed by atoms with E-state index in [0.717, 1.165) is 0 Å². The van der Waals surface area contributed by atoms with E-state index in [0.29, 0.717) is 5.56 Å². The average Bonchev–Trinajstić information content (AvgIpc) is 2.39. The van der Waals surface area contributed by atoms with Crippen LogP contribution in [0.5, 0.6) is 0 Å². The molecule has 0 saturated heterocycles. The van der Waals surface area contributed by atoms with E-state index in [-0.39, 0.29) is 5.78 Å². The Morgan fingerprint density at radius 1 is 1.00 bits per heavy atom. The van der Waals surface area contributed by atoms with Gasteiger partial charge in [0.25, 0.3) is 0 Å². The maximum atomic E-state index is 12.3. The Hall–Kier alpha value is -2.16. The van der Waals surface area contributed by atoms with Gasteiger partial charge in [0.1, 0.15) is 0 Å². The van der Waals surface area contributed by atoms with E-state index >= 15 is 0 Å². The van der Waals surface area contributed by atoms with Gasteiger partial charge in [0.05, 0.1) is 0 Å². The number of rotatable bonds is 4. The summed E-state index contributed by atoms with van der Waals surface area (Å²) in [6.45, 7) is 3.53. The summed E-state index contributed by atoms with van der Waals surface area (Å²) in [6, 6.07) is 14.8. The molecule has 3 heteroatoms. The largest absolute Gasteiger partial charge is 0.289 e. The second-order valence-corrected chi connectivity index (χ2v) is 4.53. The van der Waals surface area contributed by atoms with Crippen molar-refractivity contribution in [2.75, 3.05) is 0 Å². The second kappa shape index (κ2) is 5.00. The van der Waals surface area contributed by atoms with Crippen LogP contribution < -0.4 is 9.57 Å². The summed E-state index contributed by atoms with van der Waals surface area (Å²) in [5.74, 6) is -0.0422. The van der Waals surface area contributed by atoms with Crippen LogP contribution in [0, 0.1) is 0 Å². The van der Waals surface area contributed by atoms with E-state index in [1.165, 1.54) is 0 Å². The van der Waals surface area contributed by atoms with Crippen LogP contribution in [0.2, 0.25) is 0 Å². The van der Waals surface area contributed by atoms with Crippen LogP contribution in [0.15, 0.2) is 60.9 Å². The summed E-state index contributed by atoms with van der Waals surface area (Å²) >= 11 is 0. The van der Waals surface area contributed by atoms with Crippen LogP contribution in [0.1, 0.15) is 24.2 Å². The highest BCUT2D eigenvalue weighted by Crippen LogP contribution is 2.13. The van der Waals surface area contributed by atoms with E-state index in [1.807, 2.05) is 36.4 Å². The highest BCUT2D eigenvalue weighted by Gasteiger charge is 2.35. The van der Waals surface area contributed by atoms with Crippen molar-refractivity contribution in [1.82, 2.24) is 0 Å². The highest BCUT2D eigenvalue weighted by molar-refractivity contribution is 6.01. The third-order valence-corrected chi connectivity index (χ3v) is 2.60. The maximum absolute atomic E-state index is 12.3. The van der Waals surface area contributed by atoms with Crippen LogP contribution in [-0.4, -0.2) is 11.4 Å². The van der Waals surface area contributed by atoms with Crippen molar-refractivity contribution in [2.45, 2.75) is 19.4 Å². The standard InChI is InChI=1S/C15H16NO2/c1-15(2,18-16-11-7-4-8-12-16)14(17)13-9-5-3-6-10-13/h3-12H,1-2H3/q+1. The Morgan fingerprint density at radius 2 is 1.56 bits per heavy atom. The van der Waals surface area contributed by atoms with Gasteiger partial charge in [-0.1, -0.05) is 36.4 Å². The van der Waals surface area contributed by atoms with Crippen LogP contribution in [-0.2, 0) is 0 Å². The zero-order valence-electron chi connectivity index (χ0n) is 10.5. The summed E-state index contributed by atoms with van der Waals surface area (Å²) in [5.41, 5.74) is -0.257. The molecule has 1 aromatic heterocycles. The molecule has 0 spiro atoms. The van der Waals surface area contributed by atoms with Crippen molar-refractivity contribution >= 4 is 5.78 Å². The number of nitrogens with zero attached hydrogens (tertiary/aromatic N) is 1. The van der Waals surface area contributed by atoms with E-state index in [9.17, 15) is 4.79 Å². The molecule has 18 heavy (non-hydrogen) atoms. The van der Waals surface area contributed by atoms with Crippen molar-refractivity contribution < 1.29 is 14.4 Å². The first kappa shape index (κ1) is 12.3. The van der Waals surface area contributed by atoms with Gasteiger partial charge in [0.2, 0.25) is 23.8 Å². The molecule has 0 aliphatic carbocycles. The van der Waals surface area contributed by atoms with Gasteiger partial charge in [0, 0.05) is 22.4 Å². The lowest BCUT2D eigenvalue weighted by molar-refractivity contribution is -0.902. The van der Waals surface area contributed by atoms with Crippen molar-refractivity contribution in [3.63, 3.8) is 0 Å². The quantitative estimate of drug-likeness (QED) is 0.607. The predicted molar refractivity (Wildman–Crippen MR) is 68.1 cm³/mol. The number of ketones is 1. The van der Waals surface area contributed by atoms with E-state index in [2.05, 4.69) is 0 Å². The van der Waals surface area contributed by atoms with Gasteiger partial charge >= 0.3 is 0 Å². The molecular formula is C15H16NO2+. The number of hydrogen-bond donors (Lipinski definition) is 0. The predicted octanol–water partition coefficient (Wildman–Crippen LogP) is 2.06. The van der Waals surface area contributed by atoms with Crippen LogP contribution in [0.25, 0.3) is 0 Å². The molecule has 2 rings (SSSR count). The van der Waals surface area contributed by atoms with Crippen LogP contribution in [0.3, 0.4) is 0 Å². The van der Waals surface area contributed by atoms with Crippen LogP contribution >= 0.6 is 0 Å². The lowest BCUT2D eigenvalue weighted by Crippen LogP contribution is -2.55. The summed E-state index contributed by atoms with van der Waals surface area (Å²) in [5, 5.41) is 0. The lowest BCUT2D eigenvalue weighted by atomic mass is 9.97. The first-order valence-electron chi connectivity index (χ1n) is 5.85. The van der Waals surface area contributed by atoms with Gasteiger partial charge in [-0.15, -0.1) is 0 Å². The molecule has 1 aromatic carbocycles. The molecule has 0 atom stereocenters. The minimum Gasteiger partial charge on any atom is -0.289 e. The number of aromatic nitrogens is 1. The number of Topliss-reactive ketones (excluding diaryl/α,β-unsaturated/α-hetero) is 1. The monoisotopic (exact) mass is 242 g/mol. The number of carbonyl (C=O) groups is 1. The molecule has 0 amide bonds. The summed E-state index contributed by atoms with van der Waals surface area (Å²) < 4.78 is 1.54. The molecule has 0 N–H and O–H groups in total. The first-order valence-corrected chi connectivity index (χ1v) is 5.85. The molecule has 0 aliphatic heterocycles. The number of pyridine rings is 1. The lowest BCUT2D eigenvalue weighted by Gasteiger charge is -2.18. The van der Waals surface area contributed by atoms with E-state index in [1.54, 1.807) is 43.1 Å². The third kappa shape index (κ3) is 2.74. The minimum absolute atomic E-state index is 0.0422. The Balaban J connectivity index is 2.19. The first-order chi connectivity index (χ1) is 8.59. The molecule has 0 bridgehead atoms. The fourth-order valence-electron chi connectivity index (χ4n) is 1.69. The highest BCUT2D eigenvalue weighted by atomic mass is 16.7. The molecule has 0 aliphatic rings. The minimum atomic E-state index is -0.909. The smallest absolute Gasteiger partial charge is 0.236 e. The summed E-state index contributed by atoms with van der Waals surface area (Å²) in [6.07, 6.45) is 3.53. The average molecular weight is 242 g/mol. The Kier molecular flexibility index (Phi) is 3.42. The van der Waals surface area contributed by atoms with Crippen molar-refractivity contribution in [3.8, 4) is 0 Å². The maximum Gasteiger partial charge on any atom is 0.236 e. The SMILES string of the molecule is CC(C)(O[n+]1ccccc1)C(=O)c1ccccc1. The zero-order chi connectivity index (χ0) is 13.0. The van der Waals surface area contributed by atoms with E-state index in [4.69, 9.17) is 4.84 Å². The fraction of sp³-hybridized carbons (Fsp3) is 0.200. The molecule has 2 aromatic rings. The Bertz CT molecular complexity index is 521. The molecule has 0 saturated carbocycles. The zero-order valence-corrected chi connectivity index (χ0v) is 10.5. The molecule has 1 heterocycles. The van der Waals surface area contributed by atoms with Gasteiger partial charge in [-0.2, -0.15) is 0 Å². The number of benzene rings is 1. The van der Waals surface area contributed by atoms with Crippen molar-refractivity contribution in [2.24, 2.45) is 0 Å². The number of hydrogen-bond acceptors (Lipinski definition) is 2. The van der Waals surface area contributed by atoms with Gasteiger partial charge in [-0.3, -0.25) is 9.63 Å². The number of carbonyl (C=O) groups excluding carboxylic acids is 1. The van der Waals surface area contributed by atoms with Gasteiger partial charge in [-0.25, -0.2) is 0 Å². The Labute approximate surface area is 107 Å². The van der Waals surface area contributed by atoms with Crippen molar-refractivity contribution in [1.29, 1.82) is 0 Å². The molecule has 3 nitrogen and oxygen atoms in total. The molecule has 0 radical (unpaired) electrons. The van der Waals surface area contributed by atoms with E-state index < -0.39 is 5.60 Å². The van der Waals surface area contributed by atoms with Gasteiger partial charge in [-0.05, 0) is 13.8 Å².